The van der Waals surface area contributed by atoms with Gasteiger partial charge in [0.2, 0.25) is 35.4 Å². The van der Waals surface area contributed by atoms with Crippen LogP contribution in [0.25, 0.3) is 5.57 Å². The molecule has 542 valence electrons. The molecule has 1 saturated heterocycles. The molecular weight excluding hydrogens is 1350 g/mol. The van der Waals surface area contributed by atoms with Gasteiger partial charge < -0.3 is 72.4 Å². The number of thioether (sulfide) groups is 1. The molecule has 8 amide bonds. The van der Waals surface area contributed by atoms with Gasteiger partial charge >= 0.3 is 18.2 Å². The number of unbranched alkanes of at least 4 members (excludes halogenated alkanes) is 1. The second kappa shape index (κ2) is 37.2. The zero-order valence-corrected chi connectivity index (χ0v) is 60.3. The van der Waals surface area contributed by atoms with Gasteiger partial charge in [-0.1, -0.05) is 155 Å². The maximum absolute atomic E-state index is 15.6. The molecule has 10 atom stereocenters. The lowest BCUT2D eigenvalue weighted by atomic mass is 9.84. The number of ether oxygens (including phenoxy) is 2. The van der Waals surface area contributed by atoms with E-state index in [4.69, 9.17) is 9.47 Å². The second-order valence-corrected chi connectivity index (χ2v) is 30.6. The minimum Gasteiger partial charge on any atom is -0.508 e. The summed E-state index contributed by atoms with van der Waals surface area (Å²) in [6.07, 6.45) is -3.26. The Balaban J connectivity index is 1.33. The summed E-state index contributed by atoms with van der Waals surface area (Å²) < 4.78 is 10.1. The molecule has 1 aliphatic carbocycles. The number of Topliss-reactive ketones (excluding diaryl/α,β-unsaturated/α-hetero) is 1. The fraction of sp³-hybridized carbons (Fsp3) is 0.432. The van der Waals surface area contributed by atoms with E-state index in [-0.39, 0.29) is 55.9 Å². The van der Waals surface area contributed by atoms with Crippen molar-refractivity contribution in [3.63, 3.8) is 0 Å². The molecule has 0 saturated carbocycles. The third-order valence-electron chi connectivity index (χ3n) is 16.5. The molecule has 0 spiro atoms. The molecule has 101 heavy (non-hydrogen) atoms. The van der Waals surface area contributed by atoms with Crippen molar-refractivity contribution in [2.45, 2.75) is 171 Å². The summed E-state index contributed by atoms with van der Waals surface area (Å²) in [6, 6.07) is 30.7. The van der Waals surface area contributed by atoms with Gasteiger partial charge in [-0.2, -0.15) is 0 Å². The normalized spacial score (nSPS) is 20.3. The first-order chi connectivity index (χ1) is 47.9. The fourth-order valence-electron chi connectivity index (χ4n) is 11.4. The number of carbonyl (C=O) groups is 10. The van der Waals surface area contributed by atoms with Crippen LogP contribution in [0.2, 0.25) is 0 Å². The number of nitrogens with one attached hydrogen (secondary N) is 8. The van der Waals surface area contributed by atoms with Crippen LogP contribution in [0.4, 0.5) is 9.59 Å². The highest BCUT2D eigenvalue weighted by atomic mass is 33.1. The van der Waals surface area contributed by atoms with Gasteiger partial charge in [-0.25, -0.2) is 14.4 Å². The standard InChI is InChI=1S/C74H92N8O16S3/c1-44(83)61-68(92)79-59(67(91)82-62(45(2)84)69(93)94)43-101-100-42-57(78-66(90)58(80-71(96)98-73(6,7)8)41-99-74(50-23-12-9-13-24-50,51-25-14-10-15-26-51)52-27-16-11-17-28-52)60(86)40-49(38-46-31-35-53(85)36-32-46)63(87)77-56(39-48-34-33-47-22-18-19-29-54(47)48)65(89)76-55(64(88)81-61)30-20-21-37-75-70(95)97-72(3,4)5/h9-19,22-29,31-32,34-36,44-45,49,55-59,61-62,83-85H,20-21,30,33,37-43H2,1-8H3,(H,75,95)(H,76,89)(H,77,87)(H,78,90)(H,79,92)(H,80,96)(H,81,88)(H,82,91)(H,93,94)/t44-,45-,49-,55+,56-,57+,58?,59+,61+,62+/m1/s1. The summed E-state index contributed by atoms with van der Waals surface area (Å²) in [4.78, 5) is 144. The first kappa shape index (κ1) is 79.4. The Bertz CT molecular complexity index is 3610. The summed E-state index contributed by atoms with van der Waals surface area (Å²) in [6.45, 7) is 12.4. The van der Waals surface area contributed by atoms with Gasteiger partial charge in [0, 0.05) is 42.6 Å². The number of carbonyl (C=O) groups excluding carboxylic acids is 9. The Labute approximate surface area is 600 Å². The number of aliphatic carboxylic acids is 1. The molecule has 0 aromatic heterocycles. The average Bonchev–Trinajstić information content (AvgIpc) is 1.14. The van der Waals surface area contributed by atoms with Crippen LogP contribution in [0, 0.1) is 5.92 Å². The number of phenolic OH excluding ortho intramolecular Hbond substituents is 1. The molecule has 0 bridgehead atoms. The predicted octanol–water partition coefficient (Wildman–Crippen LogP) is 7.00. The molecule has 1 heterocycles. The Morgan fingerprint density at radius 1 is 0.634 bits per heavy atom. The van der Waals surface area contributed by atoms with Gasteiger partial charge in [-0.05, 0) is 139 Å². The Hall–Kier alpha value is -8.89. The quantitative estimate of drug-likeness (QED) is 0.0178. The van der Waals surface area contributed by atoms with Crippen LogP contribution in [0.15, 0.2) is 146 Å². The number of aliphatic hydroxyl groups excluding tert-OH is 2. The van der Waals surface area contributed by atoms with E-state index in [0.717, 1.165) is 56.3 Å². The predicted molar refractivity (Wildman–Crippen MR) is 388 cm³/mol. The average molecular weight is 1450 g/mol. The largest absolute Gasteiger partial charge is 0.508 e. The summed E-state index contributed by atoms with van der Waals surface area (Å²) in [5.74, 6) is -10.4. The highest BCUT2D eigenvalue weighted by Gasteiger charge is 2.42. The maximum Gasteiger partial charge on any atom is 0.408 e. The van der Waals surface area contributed by atoms with E-state index in [2.05, 4.69) is 42.5 Å². The van der Waals surface area contributed by atoms with Crippen LogP contribution in [0.3, 0.4) is 0 Å². The number of rotatable bonds is 23. The minimum absolute atomic E-state index is 0.0763. The topological polar surface area (TPSA) is 366 Å². The Kier molecular flexibility index (Phi) is 29.2. The lowest BCUT2D eigenvalue weighted by Gasteiger charge is -2.36. The molecule has 27 heteroatoms. The van der Waals surface area contributed by atoms with Crippen LogP contribution in [-0.4, -0.2) is 169 Å². The van der Waals surface area contributed by atoms with Crippen molar-refractivity contribution in [3.05, 3.63) is 179 Å². The second-order valence-electron chi connectivity index (χ2n) is 26.9. The van der Waals surface area contributed by atoms with E-state index < -0.39 is 148 Å². The molecular formula is C74H92N8O16S3. The molecule has 1 fully saturated rings. The number of fused-ring (bicyclic) bond motifs is 1. The number of alkyl carbamates (subject to hydrolysis) is 2. The number of amides is 8. The van der Waals surface area contributed by atoms with E-state index in [1.165, 1.54) is 30.8 Å². The number of benzene rings is 5. The fourth-order valence-corrected chi connectivity index (χ4v) is 15.3. The smallest absolute Gasteiger partial charge is 0.408 e. The molecule has 2 aliphatic rings. The number of phenols is 1. The van der Waals surface area contributed by atoms with E-state index in [1.807, 2.05) is 121 Å². The third-order valence-corrected chi connectivity index (χ3v) is 20.5. The molecule has 0 radical (unpaired) electrons. The van der Waals surface area contributed by atoms with Crippen LogP contribution < -0.4 is 42.5 Å². The molecule has 1 aliphatic heterocycles. The highest BCUT2D eigenvalue weighted by molar-refractivity contribution is 8.76. The number of aliphatic hydroxyl groups is 2. The molecule has 1 unspecified atom stereocenters. The van der Waals surface area contributed by atoms with Gasteiger partial charge in [-0.3, -0.25) is 33.6 Å². The number of carboxylic acid groups (broad SMARTS) is 1. The van der Waals surface area contributed by atoms with E-state index in [9.17, 15) is 49.2 Å². The van der Waals surface area contributed by atoms with Crippen LogP contribution in [-0.2, 0) is 65.4 Å². The lowest BCUT2D eigenvalue weighted by molar-refractivity contribution is -0.145. The van der Waals surface area contributed by atoms with Gasteiger partial charge in [0.1, 0.15) is 47.2 Å². The van der Waals surface area contributed by atoms with E-state index in [0.29, 0.717) is 17.6 Å². The summed E-state index contributed by atoms with van der Waals surface area (Å²) in [7, 11) is 1.81. The van der Waals surface area contributed by atoms with Gasteiger partial charge in [0.25, 0.3) is 0 Å². The molecule has 5 aromatic rings. The molecule has 24 nitrogen and oxygen atoms in total. The first-order valence-electron chi connectivity index (χ1n) is 33.4. The van der Waals surface area contributed by atoms with Crippen LogP contribution in [0.5, 0.6) is 5.75 Å². The molecule has 5 aromatic carbocycles. The van der Waals surface area contributed by atoms with Crippen molar-refractivity contribution in [1.29, 1.82) is 0 Å². The summed E-state index contributed by atoms with van der Waals surface area (Å²) in [5, 5.41) is 63.4. The lowest BCUT2D eigenvalue weighted by Crippen LogP contribution is -2.62. The number of hydrogen-bond donors (Lipinski definition) is 12. The third kappa shape index (κ3) is 23.9. The van der Waals surface area contributed by atoms with Crippen LogP contribution >= 0.6 is 33.3 Å². The van der Waals surface area contributed by atoms with Crippen LogP contribution in [0.1, 0.15) is 121 Å². The van der Waals surface area contributed by atoms with E-state index >= 15 is 19.2 Å². The van der Waals surface area contributed by atoms with Crippen molar-refractivity contribution in [2.75, 3.05) is 23.8 Å². The van der Waals surface area contributed by atoms with Gasteiger partial charge in [-0.15, -0.1) is 11.8 Å². The number of ketones is 1. The number of hydrogen-bond acceptors (Lipinski definition) is 18. The zero-order valence-electron chi connectivity index (χ0n) is 57.8. The number of carboxylic acids is 1. The zero-order chi connectivity index (χ0) is 73.6. The molecule has 12 N–H and O–H groups in total. The van der Waals surface area contributed by atoms with Crippen molar-refractivity contribution in [3.8, 4) is 5.75 Å². The summed E-state index contributed by atoms with van der Waals surface area (Å²) >= 11 is 1.34. The Morgan fingerprint density at radius 3 is 1.76 bits per heavy atom. The maximum atomic E-state index is 15.6. The van der Waals surface area contributed by atoms with Crippen molar-refractivity contribution in [2.24, 2.45) is 5.92 Å². The van der Waals surface area contributed by atoms with Gasteiger partial charge in [0.05, 0.1) is 23.0 Å². The van der Waals surface area contributed by atoms with Gasteiger partial charge in [0.15, 0.2) is 11.8 Å². The first-order valence-corrected chi connectivity index (χ1v) is 36.9. The van der Waals surface area contributed by atoms with Crippen molar-refractivity contribution in [1.82, 2.24) is 42.5 Å². The molecule has 7 rings (SSSR count). The van der Waals surface area contributed by atoms with E-state index in [1.54, 1.807) is 53.7 Å². The number of allylic oxidation sites excluding steroid dienone is 1. The SMILES string of the molecule is C[C@@H](O)[C@H](NC(=O)[C@@H]1CSSC[C@H](NC(=O)C(CSC(c2ccccc2)(c2ccccc2)c2ccccc2)NC(=O)OC(C)(C)C)C(=O)C[C@@H](Cc2ccc(O)cc2)C(=O)N[C@H](CC2=CCc3ccccc32)C(=O)N[C@@H](CCCCNC(=O)OC(C)(C)C)C(=O)N[C@@H]([C@@H](C)O)C(=O)N1)C(=O)O. The summed E-state index contributed by atoms with van der Waals surface area (Å²) in [5.41, 5.74) is 3.55. The van der Waals surface area contributed by atoms with Crippen molar-refractivity contribution >= 4 is 98.3 Å². The van der Waals surface area contributed by atoms with Crippen molar-refractivity contribution < 1.29 is 77.8 Å². The minimum atomic E-state index is -1.89. The monoisotopic (exact) mass is 1440 g/mol. The number of aromatic hydroxyl groups is 1. The highest BCUT2D eigenvalue weighted by Crippen LogP contribution is 2.49. The Morgan fingerprint density at radius 2 is 1.19 bits per heavy atom.